The van der Waals surface area contributed by atoms with E-state index in [9.17, 15) is 14.7 Å². The van der Waals surface area contributed by atoms with Gasteiger partial charge in [0.25, 0.3) is 0 Å². The Morgan fingerprint density at radius 2 is 1.83 bits per heavy atom. The lowest BCUT2D eigenvalue weighted by Crippen LogP contribution is -2.46. The number of carboxylic acid groups (broad SMARTS) is 1. The van der Waals surface area contributed by atoms with Gasteiger partial charge in [0, 0.05) is 29.7 Å². The first-order valence-electron chi connectivity index (χ1n) is 11.5. The summed E-state index contributed by atoms with van der Waals surface area (Å²) in [6, 6.07) is 7.91. The Balaban J connectivity index is 0.00000324. The molecular weight excluding hydrogens is 521 g/mol. The number of esters is 1. The molecule has 1 aromatic heterocycles. The number of hydrogen-bond donors (Lipinski definition) is 3. The lowest BCUT2D eigenvalue weighted by atomic mass is 9.63. The van der Waals surface area contributed by atoms with Gasteiger partial charge >= 0.3 is 11.9 Å². The van der Waals surface area contributed by atoms with Crippen molar-refractivity contribution in [2.75, 3.05) is 13.2 Å². The van der Waals surface area contributed by atoms with Crippen molar-refractivity contribution in [3.63, 3.8) is 0 Å². The molecule has 7 nitrogen and oxygen atoms in total. The highest BCUT2D eigenvalue weighted by atomic mass is 35.5. The van der Waals surface area contributed by atoms with E-state index >= 15 is 0 Å². The molecule has 1 aliphatic rings. The zero-order valence-electron chi connectivity index (χ0n) is 21.2. The van der Waals surface area contributed by atoms with Crippen LogP contribution in [0.4, 0.5) is 0 Å². The second-order valence-electron chi connectivity index (χ2n) is 8.98. The van der Waals surface area contributed by atoms with Gasteiger partial charge in [0.1, 0.15) is 0 Å². The summed E-state index contributed by atoms with van der Waals surface area (Å²) in [5.41, 5.74) is 10.1. The Labute approximate surface area is 229 Å². The Hall–Kier alpha value is -2.39. The van der Waals surface area contributed by atoms with Crippen molar-refractivity contribution in [3.8, 4) is 0 Å². The maximum Gasteiger partial charge on any atom is 0.357 e. The number of ether oxygens (including phenoxy) is 1. The zero-order chi connectivity index (χ0) is 25.0. The number of thiazole rings is 1. The van der Waals surface area contributed by atoms with Gasteiger partial charge in [-0.1, -0.05) is 43.7 Å². The van der Waals surface area contributed by atoms with E-state index in [1.54, 1.807) is 19.2 Å². The van der Waals surface area contributed by atoms with Crippen LogP contribution in [-0.4, -0.2) is 35.2 Å². The van der Waals surface area contributed by atoms with Crippen molar-refractivity contribution in [1.82, 2.24) is 10.3 Å². The van der Waals surface area contributed by atoms with E-state index in [4.69, 9.17) is 10.5 Å². The number of nitrogens with one attached hydrogen (secondary N) is 1. The van der Waals surface area contributed by atoms with Crippen LogP contribution in [0.2, 0.25) is 0 Å². The van der Waals surface area contributed by atoms with Crippen LogP contribution in [0.25, 0.3) is 0 Å². The van der Waals surface area contributed by atoms with E-state index in [0.29, 0.717) is 16.6 Å². The Morgan fingerprint density at radius 3 is 2.36 bits per heavy atom. The van der Waals surface area contributed by atoms with Gasteiger partial charge in [0.05, 0.1) is 22.6 Å². The number of carboxylic acids is 1. The summed E-state index contributed by atoms with van der Waals surface area (Å²) >= 11 is 1.33. The number of dihydropyridines is 1. The summed E-state index contributed by atoms with van der Waals surface area (Å²) in [5, 5.41) is 16.1. The second kappa shape index (κ2) is 13.2. The lowest BCUT2D eigenvalue weighted by Gasteiger charge is -2.43. The van der Waals surface area contributed by atoms with E-state index in [1.165, 1.54) is 11.3 Å². The van der Waals surface area contributed by atoms with Gasteiger partial charge in [-0.15, -0.1) is 36.2 Å². The number of allylic oxidation sites excluding steroid dienone is 2. The minimum Gasteiger partial charge on any atom is -0.478 e. The van der Waals surface area contributed by atoms with Crippen LogP contribution in [0.1, 0.15) is 60.7 Å². The summed E-state index contributed by atoms with van der Waals surface area (Å²) in [5.74, 6) is -1.16. The average Bonchev–Trinajstić information content (AvgIpc) is 3.22. The van der Waals surface area contributed by atoms with Crippen LogP contribution < -0.4 is 11.1 Å². The SMILES string of the molecule is CCOC(=O)c1csc(CC2(c3ccc(C)cc3)C(CN)=C(CC(C)C)NC(C)=C2C(=O)O)n1.Cl.Cl. The van der Waals surface area contributed by atoms with Gasteiger partial charge in [0.2, 0.25) is 0 Å². The smallest absolute Gasteiger partial charge is 0.357 e. The summed E-state index contributed by atoms with van der Waals surface area (Å²) in [4.78, 5) is 29.5. The molecule has 0 spiro atoms. The van der Waals surface area contributed by atoms with E-state index in [2.05, 4.69) is 24.1 Å². The van der Waals surface area contributed by atoms with Crippen LogP contribution in [0.5, 0.6) is 0 Å². The average molecular weight is 557 g/mol. The fraction of sp³-hybridized carbons (Fsp3) is 0.423. The molecule has 2 aromatic rings. The molecule has 198 valence electrons. The number of rotatable bonds is 9. The molecule has 2 heterocycles. The number of aliphatic carboxylic acids is 1. The van der Waals surface area contributed by atoms with E-state index in [-0.39, 0.29) is 55.7 Å². The Morgan fingerprint density at radius 1 is 1.19 bits per heavy atom. The molecule has 0 bridgehead atoms. The van der Waals surface area contributed by atoms with Crippen LogP contribution in [0.3, 0.4) is 0 Å². The highest BCUT2D eigenvalue weighted by Crippen LogP contribution is 2.47. The third kappa shape index (κ3) is 6.29. The van der Waals surface area contributed by atoms with Gasteiger partial charge in [-0.2, -0.15) is 0 Å². The maximum absolute atomic E-state index is 12.7. The summed E-state index contributed by atoms with van der Waals surface area (Å²) in [6.45, 7) is 10.2. The minimum atomic E-state index is -1.03. The van der Waals surface area contributed by atoms with Gasteiger partial charge in [-0.05, 0) is 44.2 Å². The van der Waals surface area contributed by atoms with Crippen molar-refractivity contribution in [2.45, 2.75) is 52.9 Å². The molecule has 1 atom stereocenters. The summed E-state index contributed by atoms with van der Waals surface area (Å²) < 4.78 is 5.10. The predicted octanol–water partition coefficient (Wildman–Crippen LogP) is 5.17. The number of benzene rings is 1. The number of halogens is 2. The molecule has 1 aromatic carbocycles. The molecule has 1 unspecified atom stereocenters. The summed E-state index contributed by atoms with van der Waals surface area (Å²) in [6.07, 6.45) is 1.01. The van der Waals surface area contributed by atoms with Crippen LogP contribution in [0.15, 0.2) is 52.2 Å². The third-order valence-corrected chi connectivity index (χ3v) is 6.90. The number of nitrogens with zero attached hydrogens (tertiary/aromatic N) is 1. The number of nitrogens with two attached hydrogens (primary N) is 1. The molecule has 0 saturated carbocycles. The lowest BCUT2D eigenvalue weighted by molar-refractivity contribution is -0.133. The predicted molar refractivity (Wildman–Crippen MR) is 148 cm³/mol. The van der Waals surface area contributed by atoms with Crippen molar-refractivity contribution in [2.24, 2.45) is 11.7 Å². The van der Waals surface area contributed by atoms with E-state index in [0.717, 1.165) is 28.8 Å². The standard InChI is InChI=1S/C26H33N3O4S.2ClH/c1-6-33-25(32)21-14-34-22(29-21)12-26(18-9-7-16(4)8-10-18)19(13-27)20(11-15(2)3)28-17(5)23(26)24(30)31;;/h7-10,14-15,28H,6,11-13,27H2,1-5H3,(H,30,31);2*1H. The minimum absolute atomic E-state index is 0. The molecule has 4 N–H and O–H groups in total. The maximum atomic E-state index is 12.7. The molecule has 0 aliphatic carbocycles. The molecule has 0 saturated heterocycles. The normalized spacial score (nSPS) is 17.3. The molecule has 36 heavy (non-hydrogen) atoms. The number of aryl methyl sites for hydroxylation is 1. The monoisotopic (exact) mass is 555 g/mol. The van der Waals surface area contributed by atoms with Crippen LogP contribution in [0, 0.1) is 12.8 Å². The number of carbonyl (C=O) groups is 2. The molecule has 0 fully saturated rings. The quantitative estimate of drug-likeness (QED) is 0.365. The van der Waals surface area contributed by atoms with E-state index in [1.807, 2.05) is 31.2 Å². The van der Waals surface area contributed by atoms with Gasteiger partial charge in [0.15, 0.2) is 5.69 Å². The van der Waals surface area contributed by atoms with Crippen molar-refractivity contribution >= 4 is 48.1 Å². The van der Waals surface area contributed by atoms with Crippen molar-refractivity contribution in [3.05, 3.63) is 74.0 Å². The highest BCUT2D eigenvalue weighted by molar-refractivity contribution is 7.09. The molecule has 0 radical (unpaired) electrons. The Kier molecular flexibility index (Phi) is 11.6. The first-order chi connectivity index (χ1) is 16.1. The first-order valence-corrected chi connectivity index (χ1v) is 12.3. The first kappa shape index (κ1) is 31.6. The fourth-order valence-corrected chi connectivity index (χ4v) is 5.53. The molecule has 3 rings (SSSR count). The van der Waals surface area contributed by atoms with Crippen molar-refractivity contribution in [1.29, 1.82) is 0 Å². The third-order valence-electron chi connectivity index (χ3n) is 6.05. The van der Waals surface area contributed by atoms with Gasteiger partial charge in [-0.25, -0.2) is 14.6 Å². The topological polar surface area (TPSA) is 115 Å². The summed E-state index contributed by atoms with van der Waals surface area (Å²) in [7, 11) is 0. The second-order valence-corrected chi connectivity index (χ2v) is 9.93. The zero-order valence-corrected chi connectivity index (χ0v) is 23.7. The number of carbonyl (C=O) groups excluding carboxylic acids is 1. The molecule has 10 heteroatoms. The van der Waals surface area contributed by atoms with Gasteiger partial charge in [-0.3, -0.25) is 0 Å². The largest absolute Gasteiger partial charge is 0.478 e. The van der Waals surface area contributed by atoms with Gasteiger partial charge < -0.3 is 20.9 Å². The van der Waals surface area contributed by atoms with Crippen molar-refractivity contribution < 1.29 is 19.4 Å². The number of aromatic nitrogens is 1. The fourth-order valence-electron chi connectivity index (χ4n) is 4.69. The number of hydrogen-bond acceptors (Lipinski definition) is 7. The van der Waals surface area contributed by atoms with E-state index < -0.39 is 17.4 Å². The molecule has 1 aliphatic heterocycles. The molecular formula is C26H35Cl2N3O4S. The molecule has 0 amide bonds. The van der Waals surface area contributed by atoms with Crippen LogP contribution in [-0.2, 0) is 21.4 Å². The van der Waals surface area contributed by atoms with Crippen LogP contribution >= 0.6 is 36.2 Å². The highest BCUT2D eigenvalue weighted by Gasteiger charge is 2.48. The Bertz CT molecular complexity index is 1140.